The van der Waals surface area contributed by atoms with Gasteiger partial charge in [0.15, 0.2) is 0 Å². The Hall–Kier alpha value is -0.680. The third-order valence-corrected chi connectivity index (χ3v) is 3.91. The maximum absolute atomic E-state index is 10.5. The number of hydrogen-bond acceptors (Lipinski definition) is 3. The van der Waals surface area contributed by atoms with E-state index in [2.05, 4.69) is 5.10 Å². The first-order valence-electron chi connectivity index (χ1n) is 4.93. The van der Waals surface area contributed by atoms with Crippen molar-refractivity contribution in [2.75, 3.05) is 0 Å². The number of aryl methyl sites for hydroxylation is 2. The molecule has 0 saturated carbocycles. The molecule has 0 spiro atoms. The summed E-state index contributed by atoms with van der Waals surface area (Å²) in [6.45, 7) is 3.81. The molecule has 6 heteroatoms. The highest BCUT2D eigenvalue weighted by Gasteiger charge is 2.14. The smallest absolute Gasteiger partial charge is 0.304 e. The highest BCUT2D eigenvalue weighted by atomic mass is 35.5. The van der Waals surface area contributed by atoms with Gasteiger partial charge in [0.25, 0.3) is 0 Å². The van der Waals surface area contributed by atoms with Crippen molar-refractivity contribution in [1.29, 1.82) is 0 Å². The largest absolute Gasteiger partial charge is 0.481 e. The summed E-state index contributed by atoms with van der Waals surface area (Å²) < 4.78 is 1.63. The Bertz CT molecular complexity index is 392. The van der Waals surface area contributed by atoms with E-state index in [0.29, 0.717) is 10.9 Å². The molecule has 1 unspecified atom stereocenters. The van der Waals surface area contributed by atoms with Crippen molar-refractivity contribution in [3.05, 3.63) is 16.4 Å². The van der Waals surface area contributed by atoms with Crippen LogP contribution in [0.15, 0.2) is 0 Å². The fraction of sp³-hybridized carbons (Fsp3) is 0.600. The molecule has 0 radical (unpaired) electrons. The second-order valence-corrected chi connectivity index (χ2v) is 5.48. The van der Waals surface area contributed by atoms with Crippen LogP contribution in [0.1, 0.15) is 24.6 Å². The van der Waals surface area contributed by atoms with Gasteiger partial charge in [-0.05, 0) is 6.92 Å². The van der Waals surface area contributed by atoms with Crippen LogP contribution in [0.5, 0.6) is 0 Å². The Labute approximate surface area is 104 Å². The summed E-state index contributed by atoms with van der Waals surface area (Å²) in [5, 5.41) is 13.6. The van der Waals surface area contributed by atoms with Crippen LogP contribution in [-0.2, 0) is 17.6 Å². The number of aromatic nitrogens is 2. The molecule has 1 atom stereocenters. The number of hydrogen-bond donors (Lipinski definition) is 1. The molecule has 0 saturated heterocycles. The number of carboxylic acids is 1. The fourth-order valence-corrected chi connectivity index (χ4v) is 2.75. The predicted molar refractivity (Wildman–Crippen MR) is 66.0 cm³/mol. The lowest BCUT2D eigenvalue weighted by Gasteiger charge is -2.07. The molecular formula is C10H15ClN2O2S. The van der Waals surface area contributed by atoms with Crippen LogP contribution < -0.4 is 0 Å². The highest BCUT2D eigenvalue weighted by molar-refractivity contribution is 7.99. The zero-order chi connectivity index (χ0) is 12.3. The SMILES string of the molecule is Cc1nn(C)c(Cl)c1CSC(C)CC(=O)O. The number of carbonyl (C=O) groups is 1. The summed E-state index contributed by atoms with van der Waals surface area (Å²) in [6, 6.07) is 0. The van der Waals surface area contributed by atoms with E-state index in [4.69, 9.17) is 16.7 Å². The summed E-state index contributed by atoms with van der Waals surface area (Å²) in [7, 11) is 1.80. The van der Waals surface area contributed by atoms with Gasteiger partial charge in [0.1, 0.15) is 5.15 Å². The van der Waals surface area contributed by atoms with Gasteiger partial charge in [-0.25, -0.2) is 0 Å². The van der Waals surface area contributed by atoms with Gasteiger partial charge in [-0.1, -0.05) is 18.5 Å². The molecule has 0 aliphatic rings. The third-order valence-electron chi connectivity index (χ3n) is 2.24. The minimum atomic E-state index is -0.769. The van der Waals surface area contributed by atoms with Crippen LogP contribution >= 0.6 is 23.4 Å². The summed E-state index contributed by atoms with van der Waals surface area (Å²) in [5.41, 5.74) is 1.90. The van der Waals surface area contributed by atoms with Gasteiger partial charge < -0.3 is 5.11 Å². The maximum atomic E-state index is 10.5. The summed E-state index contributed by atoms with van der Waals surface area (Å²) in [5.74, 6) is -0.0681. The van der Waals surface area contributed by atoms with Crippen LogP contribution in [0.4, 0.5) is 0 Å². The summed E-state index contributed by atoms with van der Waals surface area (Å²) in [4.78, 5) is 10.5. The molecule has 4 nitrogen and oxygen atoms in total. The zero-order valence-corrected chi connectivity index (χ0v) is 11.1. The molecular weight excluding hydrogens is 248 g/mol. The molecule has 1 aromatic rings. The lowest BCUT2D eigenvalue weighted by Crippen LogP contribution is -2.06. The van der Waals surface area contributed by atoms with Crippen molar-refractivity contribution >= 4 is 29.3 Å². The Kier molecular flexibility index (Phi) is 4.68. The standard InChI is InChI=1S/C10H15ClN2O2S/c1-6(4-9(14)15)16-5-8-7(2)12-13(3)10(8)11/h6H,4-5H2,1-3H3,(H,14,15). The zero-order valence-electron chi connectivity index (χ0n) is 9.53. The normalized spacial score (nSPS) is 12.8. The van der Waals surface area contributed by atoms with Crippen molar-refractivity contribution in [1.82, 2.24) is 9.78 Å². The molecule has 90 valence electrons. The van der Waals surface area contributed by atoms with Gasteiger partial charge in [-0.3, -0.25) is 9.48 Å². The van der Waals surface area contributed by atoms with Crippen LogP contribution in [0.3, 0.4) is 0 Å². The molecule has 0 aliphatic heterocycles. The Morgan fingerprint density at radius 1 is 1.69 bits per heavy atom. The number of carboxylic acid groups (broad SMARTS) is 1. The second-order valence-electron chi connectivity index (χ2n) is 3.70. The lowest BCUT2D eigenvalue weighted by molar-refractivity contribution is -0.136. The Balaban J connectivity index is 2.57. The maximum Gasteiger partial charge on any atom is 0.304 e. The van der Waals surface area contributed by atoms with Crippen molar-refractivity contribution in [2.24, 2.45) is 7.05 Å². The first-order valence-corrected chi connectivity index (χ1v) is 6.35. The van der Waals surface area contributed by atoms with Crippen molar-refractivity contribution in [3.8, 4) is 0 Å². The van der Waals surface area contributed by atoms with Crippen LogP contribution in [0.2, 0.25) is 5.15 Å². The van der Waals surface area contributed by atoms with Crippen LogP contribution in [0, 0.1) is 6.92 Å². The topological polar surface area (TPSA) is 55.1 Å². The fourth-order valence-electron chi connectivity index (χ4n) is 1.37. The van der Waals surface area contributed by atoms with Gasteiger partial charge in [-0.2, -0.15) is 16.9 Å². The monoisotopic (exact) mass is 262 g/mol. The van der Waals surface area contributed by atoms with Gasteiger partial charge >= 0.3 is 5.97 Å². The molecule has 1 heterocycles. The second kappa shape index (κ2) is 5.59. The minimum Gasteiger partial charge on any atom is -0.481 e. The molecule has 0 aliphatic carbocycles. The Morgan fingerprint density at radius 3 is 2.75 bits per heavy atom. The van der Waals surface area contributed by atoms with E-state index in [-0.39, 0.29) is 11.7 Å². The summed E-state index contributed by atoms with van der Waals surface area (Å²) in [6.07, 6.45) is 0.168. The van der Waals surface area contributed by atoms with Gasteiger partial charge in [0.2, 0.25) is 0 Å². The number of halogens is 1. The quantitative estimate of drug-likeness (QED) is 0.886. The van der Waals surface area contributed by atoms with Crippen LogP contribution in [-0.4, -0.2) is 26.1 Å². The first kappa shape index (κ1) is 13.4. The third kappa shape index (κ3) is 3.42. The predicted octanol–water partition coefficient (Wildman–Crippen LogP) is 2.48. The van der Waals surface area contributed by atoms with E-state index in [1.807, 2.05) is 13.8 Å². The van der Waals surface area contributed by atoms with Gasteiger partial charge in [-0.15, -0.1) is 0 Å². The van der Waals surface area contributed by atoms with E-state index in [1.54, 1.807) is 23.5 Å². The van der Waals surface area contributed by atoms with E-state index in [9.17, 15) is 4.79 Å². The molecule has 16 heavy (non-hydrogen) atoms. The van der Waals surface area contributed by atoms with Crippen molar-refractivity contribution in [2.45, 2.75) is 31.3 Å². The van der Waals surface area contributed by atoms with E-state index >= 15 is 0 Å². The van der Waals surface area contributed by atoms with E-state index < -0.39 is 5.97 Å². The lowest BCUT2D eigenvalue weighted by atomic mass is 10.3. The molecule has 0 amide bonds. The number of rotatable bonds is 5. The number of aliphatic carboxylic acids is 1. The summed E-state index contributed by atoms with van der Waals surface area (Å²) >= 11 is 7.65. The molecule has 0 aromatic carbocycles. The van der Waals surface area contributed by atoms with Crippen molar-refractivity contribution < 1.29 is 9.90 Å². The number of nitrogens with zero attached hydrogens (tertiary/aromatic N) is 2. The number of thioether (sulfide) groups is 1. The van der Waals surface area contributed by atoms with Gasteiger partial charge in [0.05, 0.1) is 12.1 Å². The molecule has 1 N–H and O–H groups in total. The average molecular weight is 263 g/mol. The average Bonchev–Trinajstić information content (AvgIpc) is 2.38. The Morgan fingerprint density at radius 2 is 2.31 bits per heavy atom. The molecule has 0 fully saturated rings. The molecule has 0 bridgehead atoms. The molecule has 1 rings (SSSR count). The highest BCUT2D eigenvalue weighted by Crippen LogP contribution is 2.26. The van der Waals surface area contributed by atoms with Crippen LogP contribution in [0.25, 0.3) is 0 Å². The minimum absolute atomic E-state index is 0.0770. The molecule has 1 aromatic heterocycles. The van der Waals surface area contributed by atoms with Gasteiger partial charge in [0, 0.05) is 23.6 Å². The van der Waals surface area contributed by atoms with E-state index in [0.717, 1.165) is 11.3 Å². The van der Waals surface area contributed by atoms with Crippen molar-refractivity contribution in [3.63, 3.8) is 0 Å². The van der Waals surface area contributed by atoms with E-state index in [1.165, 1.54) is 0 Å². The first-order chi connectivity index (χ1) is 7.41.